The molecule has 0 aliphatic rings. The van der Waals surface area contributed by atoms with E-state index in [1.807, 2.05) is 0 Å². The van der Waals surface area contributed by atoms with Gasteiger partial charge in [-0.05, 0) is 0 Å². The van der Waals surface area contributed by atoms with Crippen LogP contribution >= 0.6 is 0 Å². The normalized spacial score (nSPS) is 0. The second kappa shape index (κ2) is 85.9. The van der Waals surface area contributed by atoms with Crippen LogP contribution in [0, 0.1) is 0 Å². The summed E-state index contributed by atoms with van der Waals surface area (Å²) in [7, 11) is 0. The number of hydrogen-bond donors (Lipinski definition) is 0. The first-order chi connectivity index (χ1) is 0. The molecule has 0 saturated heterocycles. The van der Waals surface area contributed by atoms with E-state index in [2.05, 4.69) is 0 Å². The van der Waals surface area contributed by atoms with Gasteiger partial charge in [-0.25, -0.2) is 0 Å². The van der Waals surface area contributed by atoms with Crippen molar-refractivity contribution in [2.24, 2.45) is 0 Å². The first-order valence-corrected chi connectivity index (χ1v) is 0. The van der Waals surface area contributed by atoms with Crippen LogP contribution in [0.4, 0.5) is 0 Å². The van der Waals surface area contributed by atoms with Crippen molar-refractivity contribution in [3.63, 3.8) is 0 Å². The van der Waals surface area contributed by atoms with Crippen LogP contribution in [0.2, 0.25) is 0 Å². The molecular weight excluding hydrogens is 153 g/mol. The summed E-state index contributed by atoms with van der Waals surface area (Å²) in [5.41, 5.74) is 0. The first-order valence-electron chi connectivity index (χ1n) is 0. The molecule has 0 fully saturated rings. The topological polar surface area (TPSA) is 94.5 Å². The van der Waals surface area contributed by atoms with Crippen LogP contribution in [0.25, 0.3) is 0 Å². The Bertz CT molecular complexity index is 17.0. The zero-order valence-corrected chi connectivity index (χ0v) is 3.62. The van der Waals surface area contributed by atoms with E-state index in [9.17, 15) is 0 Å². The third kappa shape index (κ3) is 63.8. The molecule has 0 aliphatic carbocycles. The average Bonchev–Trinajstić information content (AvgIpc) is 0. The van der Waals surface area contributed by atoms with Gasteiger partial charge in [0, 0.05) is 0 Å². The van der Waals surface area contributed by atoms with Crippen molar-refractivity contribution >= 4 is 75.1 Å². The zero-order valence-electron chi connectivity index (χ0n) is 4.21. The molecule has 46 valence electrons. The molecular formula is H17Al3MgO3. The van der Waals surface area contributed by atoms with E-state index in [-0.39, 0.29) is 94.4 Å². The van der Waals surface area contributed by atoms with Crippen molar-refractivity contribution in [3.05, 3.63) is 0 Å². The van der Waals surface area contributed by atoms with Gasteiger partial charge in [-0.1, -0.05) is 0 Å². The molecule has 0 heterocycles. The molecule has 0 aromatic carbocycles. The number of rotatable bonds is 0. The Labute approximate surface area is 93.7 Å². The second-order valence-electron chi connectivity index (χ2n) is 0. The summed E-state index contributed by atoms with van der Waals surface area (Å²) in [6.45, 7) is 0. The molecule has 3 nitrogen and oxygen atoms in total. The molecule has 0 bridgehead atoms. The third-order valence-electron chi connectivity index (χ3n) is 0. The molecule has 0 aromatic heterocycles. The van der Waals surface area contributed by atoms with Gasteiger partial charge in [-0.2, -0.15) is 0 Å². The van der Waals surface area contributed by atoms with Crippen LogP contribution in [-0.2, 0) is 0 Å². The van der Waals surface area contributed by atoms with Gasteiger partial charge in [0.25, 0.3) is 0 Å². The number of hydrogen-bond acceptors (Lipinski definition) is 0. The molecule has 0 unspecified atom stereocenters. The second-order valence-corrected chi connectivity index (χ2v) is 0. The van der Waals surface area contributed by atoms with Gasteiger partial charge < -0.3 is 19.3 Å². The van der Waals surface area contributed by atoms with Crippen molar-refractivity contribution in [2.45, 2.75) is 0 Å². The molecule has 0 saturated carbocycles. The molecule has 7 heavy (non-hydrogen) atoms. The van der Waals surface area contributed by atoms with Crippen LogP contribution in [-0.4, -0.2) is 91.6 Å². The maximum absolute atomic E-state index is 0. The van der Waals surface area contributed by atoms with Crippen molar-refractivity contribution in [3.8, 4) is 0 Å². The molecule has 0 atom stereocenters. The first kappa shape index (κ1) is 125. The predicted molar refractivity (Wildman–Crippen MR) is 48.6 cm³/mol. The van der Waals surface area contributed by atoms with Crippen LogP contribution in [0.3, 0.4) is 0 Å². The Morgan fingerprint density at radius 1 is 0.571 bits per heavy atom. The van der Waals surface area contributed by atoms with E-state index in [1.54, 1.807) is 0 Å². The van der Waals surface area contributed by atoms with E-state index in [0.29, 0.717) is 0 Å². The molecule has 6 N–H and O–H groups in total. The van der Waals surface area contributed by atoms with Gasteiger partial charge in [0.2, 0.25) is 0 Å². The summed E-state index contributed by atoms with van der Waals surface area (Å²) in [5.74, 6) is 0. The standard InChI is InChI=1S/3Al.Mg.3H2O.11H/h;;;;3*1H2;;;;;;;;;;;/q;;;+2;;;;;;;;;;;;;2*-1. The summed E-state index contributed by atoms with van der Waals surface area (Å²) < 4.78 is 0. The van der Waals surface area contributed by atoms with E-state index in [0.717, 1.165) is 0 Å². The average molecular weight is 170 g/mol. The van der Waals surface area contributed by atoms with Gasteiger partial charge in [0.15, 0.2) is 52.1 Å². The molecule has 0 aliphatic heterocycles. The molecule has 0 radical (unpaired) electrons. The van der Waals surface area contributed by atoms with Crippen LogP contribution in [0.1, 0.15) is 2.85 Å². The Kier molecular flexibility index (Phi) is 1530. The monoisotopic (exact) mass is 170 g/mol. The quantitative estimate of drug-likeness (QED) is 0.324. The van der Waals surface area contributed by atoms with Gasteiger partial charge in [0.1, 0.15) is 0 Å². The largest absolute Gasteiger partial charge is 2.00 e. The minimum Gasteiger partial charge on any atom is -1.00 e. The Morgan fingerprint density at radius 3 is 0.571 bits per heavy atom. The zero-order chi connectivity index (χ0) is 0. The fourth-order valence-electron chi connectivity index (χ4n) is 0. The molecule has 0 amide bonds. The van der Waals surface area contributed by atoms with Crippen LogP contribution in [0.15, 0.2) is 0 Å². The van der Waals surface area contributed by atoms with E-state index in [1.165, 1.54) is 0 Å². The van der Waals surface area contributed by atoms with Crippen LogP contribution in [0.5, 0.6) is 0 Å². The smallest absolute Gasteiger partial charge is 1.00 e. The molecule has 0 rings (SSSR count). The van der Waals surface area contributed by atoms with Crippen LogP contribution < -0.4 is 0 Å². The van der Waals surface area contributed by atoms with E-state index in [4.69, 9.17) is 0 Å². The summed E-state index contributed by atoms with van der Waals surface area (Å²) in [4.78, 5) is 0. The molecule has 0 aromatic rings. The van der Waals surface area contributed by atoms with Crippen molar-refractivity contribution < 1.29 is 19.3 Å². The maximum atomic E-state index is 0. The van der Waals surface area contributed by atoms with Crippen molar-refractivity contribution in [1.29, 1.82) is 0 Å². The van der Waals surface area contributed by atoms with Gasteiger partial charge in [-0.15, -0.1) is 0 Å². The summed E-state index contributed by atoms with van der Waals surface area (Å²) in [5, 5.41) is 0. The van der Waals surface area contributed by atoms with Crippen molar-refractivity contribution in [2.75, 3.05) is 0 Å². The van der Waals surface area contributed by atoms with Gasteiger partial charge in [0.05, 0.1) is 0 Å². The third-order valence-corrected chi connectivity index (χ3v) is 0. The Balaban J connectivity index is 0. The fraction of sp³-hybridized carbons (Fsp3) is 0. The minimum atomic E-state index is 0. The Hall–Kier alpha value is 2.24. The molecule has 0 spiro atoms. The van der Waals surface area contributed by atoms with Gasteiger partial charge >= 0.3 is 23.1 Å². The SMILES string of the molecule is O.O.O.[AlH3].[AlH3].[AlH3].[H-].[H-].[Mg+2]. The predicted octanol–water partition coefficient (Wildman–Crippen LogP) is -6.18. The maximum Gasteiger partial charge on any atom is 2.00 e. The summed E-state index contributed by atoms with van der Waals surface area (Å²) >= 11 is 0. The fourth-order valence-corrected chi connectivity index (χ4v) is 0. The summed E-state index contributed by atoms with van der Waals surface area (Å²) in [6.07, 6.45) is 0. The van der Waals surface area contributed by atoms with Gasteiger partial charge in [-0.3, -0.25) is 0 Å². The minimum absolute atomic E-state index is 0. The molecule has 7 heteroatoms. The van der Waals surface area contributed by atoms with E-state index < -0.39 is 0 Å². The Morgan fingerprint density at radius 2 is 0.571 bits per heavy atom. The van der Waals surface area contributed by atoms with Crippen molar-refractivity contribution in [1.82, 2.24) is 0 Å². The summed E-state index contributed by atoms with van der Waals surface area (Å²) in [6, 6.07) is 0. The van der Waals surface area contributed by atoms with E-state index >= 15 is 0 Å².